The minimum absolute atomic E-state index is 0.302. The number of rotatable bonds is 7. The van der Waals surface area contributed by atoms with E-state index < -0.39 is 5.97 Å². The van der Waals surface area contributed by atoms with Gasteiger partial charge in [0.15, 0.2) is 4.47 Å². The zero-order valence-corrected chi connectivity index (χ0v) is 14.0. The maximum atomic E-state index is 11.5. The molecule has 0 saturated heterocycles. The molecule has 22 heavy (non-hydrogen) atoms. The van der Waals surface area contributed by atoms with Gasteiger partial charge in [-0.25, -0.2) is 9.78 Å². The molecule has 0 aliphatic carbocycles. The average Bonchev–Trinajstić information content (AvgIpc) is 2.92. The average molecular weight is 340 g/mol. The van der Waals surface area contributed by atoms with E-state index in [2.05, 4.69) is 10.3 Å². The van der Waals surface area contributed by atoms with Gasteiger partial charge < -0.3 is 15.3 Å². The molecule has 1 heterocycles. The zero-order valence-electron chi connectivity index (χ0n) is 12.5. The maximum absolute atomic E-state index is 11.5. The number of carbonyl (C=O) groups is 1. The Kier molecular flexibility index (Phi) is 5.63. The van der Waals surface area contributed by atoms with Crippen LogP contribution < -0.4 is 10.2 Å². The second kappa shape index (κ2) is 7.47. The van der Waals surface area contributed by atoms with Crippen molar-refractivity contribution in [2.75, 3.05) is 23.3 Å². The number of benzene rings is 1. The molecule has 5 nitrogen and oxygen atoms in total. The molecular formula is C15H18ClN3O2S. The first-order chi connectivity index (χ1) is 10.5. The molecule has 0 atom stereocenters. The van der Waals surface area contributed by atoms with Crippen LogP contribution in [0.5, 0.6) is 0 Å². The molecule has 2 rings (SSSR count). The molecule has 0 saturated carbocycles. The van der Waals surface area contributed by atoms with Gasteiger partial charge in [0.25, 0.3) is 0 Å². The largest absolute Gasteiger partial charge is 0.478 e. The fourth-order valence-corrected chi connectivity index (χ4v) is 3.13. The number of anilines is 2. The number of hydrogen-bond donors (Lipinski definition) is 2. The lowest BCUT2D eigenvalue weighted by molar-refractivity contribution is 0.0697. The van der Waals surface area contributed by atoms with Crippen LogP contribution in [0.3, 0.4) is 0 Å². The molecule has 118 valence electrons. The third-order valence-electron chi connectivity index (χ3n) is 3.32. The first kappa shape index (κ1) is 16.6. The highest BCUT2D eigenvalue weighted by molar-refractivity contribution is 7.15. The molecular weight excluding hydrogens is 322 g/mol. The molecule has 0 aliphatic heterocycles. The summed E-state index contributed by atoms with van der Waals surface area (Å²) in [6, 6.07) is 5.40. The van der Waals surface area contributed by atoms with E-state index >= 15 is 0 Å². The molecule has 2 aromatic rings. The quantitative estimate of drug-likeness (QED) is 0.799. The van der Waals surface area contributed by atoms with E-state index in [0.29, 0.717) is 16.6 Å². The first-order valence-electron chi connectivity index (χ1n) is 7.01. The molecule has 0 bridgehead atoms. The lowest BCUT2D eigenvalue weighted by Gasteiger charge is -2.23. The number of hydrogen-bond acceptors (Lipinski definition) is 5. The summed E-state index contributed by atoms with van der Waals surface area (Å²) in [5.74, 6) is -0.925. The second-order valence-electron chi connectivity index (χ2n) is 4.64. The third kappa shape index (κ3) is 3.90. The number of halogens is 1. The zero-order chi connectivity index (χ0) is 16.1. The van der Waals surface area contributed by atoms with E-state index in [0.717, 1.165) is 29.3 Å². The van der Waals surface area contributed by atoms with Crippen LogP contribution in [-0.4, -0.2) is 29.1 Å². The van der Waals surface area contributed by atoms with Crippen LogP contribution in [0.1, 0.15) is 29.1 Å². The van der Waals surface area contributed by atoms with Gasteiger partial charge in [-0.1, -0.05) is 11.6 Å². The van der Waals surface area contributed by atoms with Crippen LogP contribution in [0.2, 0.25) is 4.47 Å². The molecule has 2 N–H and O–H groups in total. The van der Waals surface area contributed by atoms with Crippen molar-refractivity contribution in [3.05, 3.63) is 39.3 Å². The number of carboxylic acid groups (broad SMARTS) is 1. The molecule has 1 aromatic heterocycles. The molecule has 0 amide bonds. The van der Waals surface area contributed by atoms with Crippen molar-refractivity contribution >= 4 is 40.3 Å². The Bertz CT molecular complexity index is 656. The molecule has 0 unspecified atom stereocenters. The first-order valence-corrected chi connectivity index (χ1v) is 8.21. The van der Waals surface area contributed by atoms with Crippen LogP contribution >= 0.6 is 22.9 Å². The van der Waals surface area contributed by atoms with E-state index in [1.165, 1.54) is 11.3 Å². The van der Waals surface area contributed by atoms with Gasteiger partial charge in [-0.15, -0.1) is 11.3 Å². The maximum Gasteiger partial charge on any atom is 0.337 e. The normalized spacial score (nSPS) is 10.5. The predicted octanol–water partition coefficient (Wildman–Crippen LogP) is 3.95. The Hall–Kier alpha value is -1.79. The smallest absolute Gasteiger partial charge is 0.337 e. The molecule has 0 spiro atoms. The van der Waals surface area contributed by atoms with Crippen molar-refractivity contribution < 1.29 is 9.90 Å². The van der Waals surface area contributed by atoms with E-state index in [1.54, 1.807) is 12.3 Å². The van der Waals surface area contributed by atoms with Crippen LogP contribution in [0.4, 0.5) is 11.4 Å². The van der Waals surface area contributed by atoms with E-state index in [-0.39, 0.29) is 0 Å². The van der Waals surface area contributed by atoms with Gasteiger partial charge in [0, 0.05) is 29.9 Å². The predicted molar refractivity (Wildman–Crippen MR) is 91.4 cm³/mol. The standard InChI is InChI=1S/C15H18ClN3O2S/c1-3-19(4-2)13-6-5-10(7-12(13)14(20)21)17-8-11-9-18-15(16)22-11/h5-7,9,17H,3-4,8H2,1-2H3,(H,20,21). The molecule has 0 aliphatic rings. The van der Waals surface area contributed by atoms with E-state index in [9.17, 15) is 9.90 Å². The summed E-state index contributed by atoms with van der Waals surface area (Å²) in [5.41, 5.74) is 1.80. The van der Waals surface area contributed by atoms with Crippen molar-refractivity contribution in [2.45, 2.75) is 20.4 Å². The van der Waals surface area contributed by atoms with Gasteiger partial charge in [0.2, 0.25) is 0 Å². The monoisotopic (exact) mass is 339 g/mol. The summed E-state index contributed by atoms with van der Waals surface area (Å²) in [7, 11) is 0. The molecule has 7 heteroatoms. The number of nitrogens with one attached hydrogen (secondary N) is 1. The summed E-state index contributed by atoms with van der Waals surface area (Å²) >= 11 is 7.19. The highest BCUT2D eigenvalue weighted by atomic mass is 35.5. The van der Waals surface area contributed by atoms with Crippen LogP contribution in [0.25, 0.3) is 0 Å². The van der Waals surface area contributed by atoms with Crippen molar-refractivity contribution in [3.8, 4) is 0 Å². The van der Waals surface area contributed by atoms with E-state index in [1.807, 2.05) is 30.9 Å². The minimum atomic E-state index is -0.925. The van der Waals surface area contributed by atoms with Crippen molar-refractivity contribution in [1.29, 1.82) is 0 Å². The molecule has 0 fully saturated rings. The minimum Gasteiger partial charge on any atom is -0.478 e. The summed E-state index contributed by atoms with van der Waals surface area (Å²) in [6.07, 6.45) is 1.71. The van der Waals surface area contributed by atoms with Gasteiger partial charge in [-0.2, -0.15) is 0 Å². The fraction of sp³-hybridized carbons (Fsp3) is 0.333. The lowest BCUT2D eigenvalue weighted by atomic mass is 10.1. The number of thiazole rings is 1. The van der Waals surface area contributed by atoms with Gasteiger partial charge in [-0.3, -0.25) is 0 Å². The molecule has 0 radical (unpaired) electrons. The Morgan fingerprint density at radius 1 is 1.41 bits per heavy atom. The number of aromatic carboxylic acids is 1. The second-order valence-corrected chi connectivity index (χ2v) is 6.34. The Labute approximate surface area is 138 Å². The van der Waals surface area contributed by atoms with Gasteiger partial charge in [0.1, 0.15) is 0 Å². The van der Waals surface area contributed by atoms with Crippen LogP contribution in [-0.2, 0) is 6.54 Å². The van der Waals surface area contributed by atoms with Crippen molar-refractivity contribution in [2.24, 2.45) is 0 Å². The summed E-state index contributed by atoms with van der Waals surface area (Å²) in [5, 5.41) is 12.6. The highest BCUT2D eigenvalue weighted by Gasteiger charge is 2.15. The number of carboxylic acids is 1. The van der Waals surface area contributed by atoms with Crippen molar-refractivity contribution in [3.63, 3.8) is 0 Å². The third-order valence-corrected chi connectivity index (χ3v) is 4.44. The summed E-state index contributed by atoms with van der Waals surface area (Å²) in [4.78, 5) is 18.5. The Morgan fingerprint density at radius 2 is 2.14 bits per heavy atom. The number of nitrogens with zero attached hydrogens (tertiary/aromatic N) is 2. The SMILES string of the molecule is CCN(CC)c1ccc(NCc2cnc(Cl)s2)cc1C(=O)O. The molecule has 1 aromatic carbocycles. The van der Waals surface area contributed by atoms with Gasteiger partial charge in [0.05, 0.1) is 17.8 Å². The van der Waals surface area contributed by atoms with Gasteiger partial charge in [-0.05, 0) is 32.0 Å². The Balaban J connectivity index is 2.19. The fourth-order valence-electron chi connectivity index (χ4n) is 2.21. The summed E-state index contributed by atoms with van der Waals surface area (Å²) < 4.78 is 0.500. The Morgan fingerprint density at radius 3 is 2.68 bits per heavy atom. The summed E-state index contributed by atoms with van der Waals surface area (Å²) in [6.45, 7) is 6.11. The van der Waals surface area contributed by atoms with Crippen LogP contribution in [0, 0.1) is 0 Å². The topological polar surface area (TPSA) is 65.5 Å². The van der Waals surface area contributed by atoms with Crippen LogP contribution in [0.15, 0.2) is 24.4 Å². The van der Waals surface area contributed by atoms with Crippen molar-refractivity contribution in [1.82, 2.24) is 4.98 Å². The lowest BCUT2D eigenvalue weighted by Crippen LogP contribution is -2.24. The van der Waals surface area contributed by atoms with E-state index in [4.69, 9.17) is 11.6 Å². The van der Waals surface area contributed by atoms with Gasteiger partial charge >= 0.3 is 5.97 Å². The number of aromatic nitrogens is 1. The highest BCUT2D eigenvalue weighted by Crippen LogP contribution is 2.25.